The maximum atomic E-state index is 5.74. The quantitative estimate of drug-likeness (QED) is 0.559. The monoisotopic (exact) mass is 194 g/mol. The van der Waals surface area contributed by atoms with E-state index in [0.717, 1.165) is 12.5 Å². The molecule has 0 aromatic carbocycles. The van der Waals surface area contributed by atoms with Crippen LogP contribution in [0.3, 0.4) is 0 Å². The molecule has 3 rings (SSSR count). The smallest absolute Gasteiger partial charge is 0.189 e. The molecular weight excluding hydrogens is 176 g/mol. The van der Waals surface area contributed by atoms with Crippen LogP contribution in [0.5, 0.6) is 0 Å². The van der Waals surface area contributed by atoms with Crippen LogP contribution in [0.15, 0.2) is 4.99 Å². The molecule has 3 unspecified atom stereocenters. The van der Waals surface area contributed by atoms with Crippen molar-refractivity contribution in [3.8, 4) is 0 Å². The van der Waals surface area contributed by atoms with Crippen molar-refractivity contribution in [1.82, 2.24) is 10.2 Å². The van der Waals surface area contributed by atoms with Gasteiger partial charge in [0.2, 0.25) is 0 Å². The standard InChI is InChI=1S/C10H18N4/c11-9-12-7-10(13-9)3-5-14-4-1-2-8(10)6-14/h8H,1-7H2,(H3,11,12,13). The van der Waals surface area contributed by atoms with Crippen molar-refractivity contribution in [2.45, 2.75) is 24.8 Å². The van der Waals surface area contributed by atoms with E-state index in [1.54, 1.807) is 0 Å². The highest BCUT2D eigenvalue weighted by molar-refractivity contribution is 5.80. The number of fused-ring (bicyclic) bond motifs is 3. The third kappa shape index (κ3) is 1.13. The fourth-order valence-corrected chi connectivity index (χ4v) is 3.20. The van der Waals surface area contributed by atoms with E-state index in [4.69, 9.17) is 5.73 Å². The topological polar surface area (TPSA) is 53.6 Å². The summed E-state index contributed by atoms with van der Waals surface area (Å²) in [4.78, 5) is 6.90. The highest BCUT2D eigenvalue weighted by Gasteiger charge is 2.46. The molecule has 0 aromatic heterocycles. The van der Waals surface area contributed by atoms with Crippen LogP contribution in [-0.4, -0.2) is 42.6 Å². The predicted octanol–water partition coefficient (Wildman–Crippen LogP) is -0.241. The van der Waals surface area contributed by atoms with Crippen LogP contribution >= 0.6 is 0 Å². The van der Waals surface area contributed by atoms with Crippen molar-refractivity contribution in [1.29, 1.82) is 0 Å². The summed E-state index contributed by atoms with van der Waals surface area (Å²) >= 11 is 0. The molecule has 2 fully saturated rings. The van der Waals surface area contributed by atoms with E-state index in [9.17, 15) is 0 Å². The molecule has 3 aliphatic heterocycles. The SMILES string of the molecule is NC1=NCC2(CCN3CCCC2C3)N1. The van der Waals surface area contributed by atoms with Gasteiger partial charge in [0.1, 0.15) is 0 Å². The van der Waals surface area contributed by atoms with E-state index in [1.165, 1.54) is 38.9 Å². The Bertz CT molecular complexity index is 275. The fraction of sp³-hybridized carbons (Fsp3) is 0.900. The van der Waals surface area contributed by atoms with Gasteiger partial charge in [-0.3, -0.25) is 4.99 Å². The molecule has 4 heteroatoms. The summed E-state index contributed by atoms with van der Waals surface area (Å²) in [7, 11) is 0. The van der Waals surface area contributed by atoms with Crippen LogP contribution < -0.4 is 11.1 Å². The average Bonchev–Trinajstić information content (AvgIpc) is 2.58. The number of piperidine rings is 2. The first-order chi connectivity index (χ1) is 6.78. The van der Waals surface area contributed by atoms with Gasteiger partial charge < -0.3 is 16.0 Å². The molecule has 14 heavy (non-hydrogen) atoms. The summed E-state index contributed by atoms with van der Waals surface area (Å²) in [6.45, 7) is 4.66. The molecule has 0 radical (unpaired) electrons. The van der Waals surface area contributed by atoms with Gasteiger partial charge in [0, 0.05) is 13.1 Å². The minimum absolute atomic E-state index is 0.223. The van der Waals surface area contributed by atoms with Crippen molar-refractivity contribution < 1.29 is 0 Å². The summed E-state index contributed by atoms with van der Waals surface area (Å²) in [5.41, 5.74) is 5.96. The van der Waals surface area contributed by atoms with Crippen molar-refractivity contribution in [3.05, 3.63) is 0 Å². The van der Waals surface area contributed by atoms with Crippen molar-refractivity contribution in [3.63, 3.8) is 0 Å². The first-order valence-corrected chi connectivity index (χ1v) is 5.59. The molecular formula is C10H18N4. The van der Waals surface area contributed by atoms with E-state index in [1.807, 2.05) is 0 Å². The number of nitrogens with one attached hydrogen (secondary N) is 1. The van der Waals surface area contributed by atoms with Crippen LogP contribution in [0.25, 0.3) is 0 Å². The Morgan fingerprint density at radius 2 is 2.43 bits per heavy atom. The second kappa shape index (κ2) is 2.86. The molecule has 3 N–H and O–H groups in total. The molecule has 2 saturated heterocycles. The number of guanidine groups is 1. The first-order valence-electron chi connectivity index (χ1n) is 5.59. The number of rotatable bonds is 0. The van der Waals surface area contributed by atoms with Gasteiger partial charge in [0.25, 0.3) is 0 Å². The molecule has 4 nitrogen and oxygen atoms in total. The lowest BCUT2D eigenvalue weighted by molar-refractivity contribution is 0.0515. The van der Waals surface area contributed by atoms with E-state index < -0.39 is 0 Å². The van der Waals surface area contributed by atoms with Gasteiger partial charge in [0.15, 0.2) is 5.96 Å². The zero-order valence-electron chi connectivity index (χ0n) is 8.50. The molecule has 78 valence electrons. The maximum absolute atomic E-state index is 5.74. The van der Waals surface area contributed by atoms with Crippen molar-refractivity contribution in [2.75, 3.05) is 26.2 Å². The average molecular weight is 194 g/mol. The summed E-state index contributed by atoms with van der Waals surface area (Å²) in [5.74, 6) is 1.42. The number of nitrogens with zero attached hydrogens (tertiary/aromatic N) is 2. The lowest BCUT2D eigenvalue weighted by atomic mass is 9.74. The summed E-state index contributed by atoms with van der Waals surface area (Å²) in [5, 5.41) is 3.43. The van der Waals surface area contributed by atoms with Gasteiger partial charge in [-0.05, 0) is 31.7 Å². The molecule has 0 saturated carbocycles. The molecule has 3 aliphatic rings. The maximum Gasteiger partial charge on any atom is 0.189 e. The third-order valence-electron chi connectivity index (χ3n) is 4.07. The van der Waals surface area contributed by atoms with Gasteiger partial charge >= 0.3 is 0 Å². The zero-order chi connectivity index (χ0) is 9.60. The second-order valence-electron chi connectivity index (χ2n) is 4.87. The lowest BCUT2D eigenvalue weighted by Crippen LogP contribution is -2.62. The van der Waals surface area contributed by atoms with E-state index in [0.29, 0.717) is 5.96 Å². The minimum Gasteiger partial charge on any atom is -0.370 e. The van der Waals surface area contributed by atoms with Crippen molar-refractivity contribution >= 4 is 5.96 Å². The summed E-state index contributed by atoms with van der Waals surface area (Å²) in [6.07, 6.45) is 3.89. The normalized spacial score (nSPS) is 46.1. The molecule has 0 aliphatic carbocycles. The van der Waals surface area contributed by atoms with Crippen LogP contribution in [-0.2, 0) is 0 Å². The predicted molar refractivity (Wildman–Crippen MR) is 56.1 cm³/mol. The van der Waals surface area contributed by atoms with Crippen LogP contribution in [0, 0.1) is 5.92 Å². The van der Waals surface area contributed by atoms with E-state index in [2.05, 4.69) is 15.2 Å². The van der Waals surface area contributed by atoms with Gasteiger partial charge in [0.05, 0.1) is 12.1 Å². The molecule has 0 amide bonds. The van der Waals surface area contributed by atoms with Gasteiger partial charge in [-0.15, -0.1) is 0 Å². The largest absolute Gasteiger partial charge is 0.370 e. The Morgan fingerprint density at radius 1 is 1.50 bits per heavy atom. The van der Waals surface area contributed by atoms with Crippen LogP contribution in [0.1, 0.15) is 19.3 Å². The molecule has 3 heterocycles. The fourth-order valence-electron chi connectivity index (χ4n) is 3.20. The molecule has 0 aromatic rings. The summed E-state index contributed by atoms with van der Waals surface area (Å²) in [6, 6.07) is 0. The number of nitrogens with two attached hydrogens (primary N) is 1. The molecule has 2 bridgehead atoms. The van der Waals surface area contributed by atoms with Crippen LogP contribution in [0.4, 0.5) is 0 Å². The van der Waals surface area contributed by atoms with Gasteiger partial charge in [-0.25, -0.2) is 0 Å². The summed E-state index contributed by atoms with van der Waals surface area (Å²) < 4.78 is 0. The molecule has 3 atom stereocenters. The van der Waals surface area contributed by atoms with E-state index in [-0.39, 0.29) is 5.54 Å². The first kappa shape index (κ1) is 8.53. The Kier molecular flexibility index (Phi) is 1.74. The highest BCUT2D eigenvalue weighted by atomic mass is 15.3. The second-order valence-corrected chi connectivity index (χ2v) is 4.87. The molecule has 1 spiro atoms. The zero-order valence-corrected chi connectivity index (χ0v) is 8.50. The number of aliphatic imine (C=N–C) groups is 1. The lowest BCUT2D eigenvalue weighted by Gasteiger charge is -2.48. The van der Waals surface area contributed by atoms with Crippen LogP contribution in [0.2, 0.25) is 0 Å². The van der Waals surface area contributed by atoms with Crippen molar-refractivity contribution in [2.24, 2.45) is 16.6 Å². The van der Waals surface area contributed by atoms with Gasteiger partial charge in [-0.1, -0.05) is 0 Å². The number of hydrogen-bond donors (Lipinski definition) is 2. The Morgan fingerprint density at radius 3 is 3.21 bits per heavy atom. The highest BCUT2D eigenvalue weighted by Crippen LogP contribution is 2.36. The number of hydrogen-bond acceptors (Lipinski definition) is 4. The minimum atomic E-state index is 0.223. The third-order valence-corrected chi connectivity index (χ3v) is 4.07. The Balaban J connectivity index is 1.80. The Labute approximate surface area is 84.6 Å². The Hall–Kier alpha value is -0.770. The van der Waals surface area contributed by atoms with Gasteiger partial charge in [-0.2, -0.15) is 0 Å². The van der Waals surface area contributed by atoms with E-state index >= 15 is 0 Å².